The number of hydrogen-bond donors (Lipinski definition) is 2. The standard InChI is InChI=1S/C27H30FN3O3/c1-18-27(19(2)34-30-18)21-11-14-25-24(16-21)22(10-7-20-8-12-23(28)13-9-20)17-31(25)15-5-3-4-6-26(32)29-33/h8-9,11-14,16-17,33H,3-7,10,15H2,1-2H3,(H,29,32). The molecule has 0 fully saturated rings. The number of benzene rings is 2. The van der Waals surface area contributed by atoms with Gasteiger partial charge in [-0.15, -0.1) is 0 Å². The topological polar surface area (TPSA) is 80.3 Å². The van der Waals surface area contributed by atoms with Gasteiger partial charge in [-0.2, -0.15) is 0 Å². The van der Waals surface area contributed by atoms with Crippen molar-refractivity contribution < 1.29 is 18.9 Å². The Hall–Kier alpha value is -3.45. The Balaban J connectivity index is 1.58. The third kappa shape index (κ3) is 5.37. The molecule has 0 spiro atoms. The minimum atomic E-state index is -0.346. The predicted molar refractivity (Wildman–Crippen MR) is 129 cm³/mol. The number of nitrogens with one attached hydrogen (secondary N) is 1. The van der Waals surface area contributed by atoms with Crippen molar-refractivity contribution in [1.29, 1.82) is 0 Å². The first-order valence-corrected chi connectivity index (χ1v) is 11.7. The molecule has 4 aromatic rings. The van der Waals surface area contributed by atoms with Crippen LogP contribution < -0.4 is 5.48 Å². The summed E-state index contributed by atoms with van der Waals surface area (Å²) in [6.07, 6.45) is 6.78. The zero-order valence-corrected chi connectivity index (χ0v) is 19.6. The van der Waals surface area contributed by atoms with Crippen LogP contribution in [0.25, 0.3) is 22.0 Å². The van der Waals surface area contributed by atoms with Gasteiger partial charge in [-0.1, -0.05) is 29.8 Å². The summed E-state index contributed by atoms with van der Waals surface area (Å²) in [5.41, 5.74) is 8.17. The largest absolute Gasteiger partial charge is 0.361 e. The molecule has 7 heteroatoms. The van der Waals surface area contributed by atoms with Crippen molar-refractivity contribution in [2.24, 2.45) is 0 Å². The quantitative estimate of drug-likeness (QED) is 0.174. The molecule has 4 rings (SSSR count). The second kappa shape index (κ2) is 10.7. The lowest BCUT2D eigenvalue weighted by Crippen LogP contribution is -2.17. The fourth-order valence-corrected chi connectivity index (χ4v) is 4.54. The normalized spacial score (nSPS) is 11.3. The molecule has 6 nitrogen and oxygen atoms in total. The number of carbonyl (C=O) groups excluding carboxylic acids is 1. The lowest BCUT2D eigenvalue weighted by atomic mass is 9.99. The first kappa shape index (κ1) is 23.7. The molecule has 0 radical (unpaired) electrons. The summed E-state index contributed by atoms with van der Waals surface area (Å²) in [4.78, 5) is 11.2. The number of unbranched alkanes of at least 4 members (excludes halogenated alkanes) is 2. The van der Waals surface area contributed by atoms with Crippen molar-refractivity contribution in [2.45, 2.75) is 58.9 Å². The Kier molecular flexibility index (Phi) is 7.43. The van der Waals surface area contributed by atoms with Gasteiger partial charge in [0.15, 0.2) is 0 Å². The van der Waals surface area contributed by atoms with E-state index in [2.05, 4.69) is 34.1 Å². The number of aromatic nitrogens is 2. The van der Waals surface area contributed by atoms with Crippen molar-refractivity contribution in [3.8, 4) is 11.1 Å². The van der Waals surface area contributed by atoms with E-state index >= 15 is 0 Å². The van der Waals surface area contributed by atoms with Crippen LogP contribution in [0.5, 0.6) is 0 Å². The van der Waals surface area contributed by atoms with Crippen LogP contribution in [-0.4, -0.2) is 20.8 Å². The number of carbonyl (C=O) groups is 1. The summed E-state index contributed by atoms with van der Waals surface area (Å²) in [5.74, 6) is 0.235. The van der Waals surface area contributed by atoms with Gasteiger partial charge in [-0.25, -0.2) is 9.87 Å². The van der Waals surface area contributed by atoms with Gasteiger partial charge in [0.05, 0.1) is 5.69 Å². The number of nitrogens with zero attached hydrogens (tertiary/aromatic N) is 2. The molecule has 0 aliphatic rings. The van der Waals surface area contributed by atoms with E-state index in [9.17, 15) is 9.18 Å². The maximum absolute atomic E-state index is 13.3. The number of aryl methyl sites for hydroxylation is 5. The average Bonchev–Trinajstić information content (AvgIpc) is 3.36. The molecule has 0 saturated heterocycles. The molecular weight excluding hydrogens is 433 g/mol. The van der Waals surface area contributed by atoms with Crippen LogP contribution in [0, 0.1) is 19.7 Å². The molecule has 2 aromatic carbocycles. The van der Waals surface area contributed by atoms with Crippen molar-refractivity contribution in [3.63, 3.8) is 0 Å². The van der Waals surface area contributed by atoms with E-state index in [1.807, 2.05) is 26.0 Å². The number of fused-ring (bicyclic) bond motifs is 1. The molecule has 1 amide bonds. The predicted octanol–water partition coefficient (Wildman–Crippen LogP) is 5.90. The molecule has 0 bridgehead atoms. The molecule has 0 atom stereocenters. The highest BCUT2D eigenvalue weighted by Gasteiger charge is 2.15. The highest BCUT2D eigenvalue weighted by Crippen LogP contribution is 2.32. The highest BCUT2D eigenvalue weighted by molar-refractivity contribution is 5.89. The van der Waals surface area contributed by atoms with Gasteiger partial charge >= 0.3 is 0 Å². The Morgan fingerprint density at radius 1 is 1.09 bits per heavy atom. The van der Waals surface area contributed by atoms with Crippen LogP contribution in [0.2, 0.25) is 0 Å². The Morgan fingerprint density at radius 2 is 1.88 bits per heavy atom. The zero-order chi connectivity index (χ0) is 24.1. The summed E-state index contributed by atoms with van der Waals surface area (Å²) >= 11 is 0. The fourth-order valence-electron chi connectivity index (χ4n) is 4.54. The van der Waals surface area contributed by atoms with Crippen LogP contribution in [-0.2, 0) is 24.2 Å². The minimum absolute atomic E-state index is 0.221. The van der Waals surface area contributed by atoms with Crippen molar-refractivity contribution >= 4 is 16.8 Å². The smallest absolute Gasteiger partial charge is 0.243 e. The monoisotopic (exact) mass is 463 g/mol. The van der Waals surface area contributed by atoms with Gasteiger partial charge in [0.2, 0.25) is 5.91 Å². The molecule has 0 unspecified atom stereocenters. The van der Waals surface area contributed by atoms with E-state index in [0.717, 1.165) is 72.3 Å². The molecule has 0 saturated carbocycles. The van der Waals surface area contributed by atoms with E-state index < -0.39 is 0 Å². The third-order valence-electron chi connectivity index (χ3n) is 6.31. The van der Waals surface area contributed by atoms with Crippen LogP contribution in [0.1, 0.15) is 48.3 Å². The second-order valence-electron chi connectivity index (χ2n) is 8.75. The summed E-state index contributed by atoms with van der Waals surface area (Å²) < 4.78 is 21.0. The molecule has 2 N–H and O–H groups in total. The number of amides is 1. The number of hydrogen-bond acceptors (Lipinski definition) is 4. The summed E-state index contributed by atoms with van der Waals surface area (Å²) in [7, 11) is 0. The lowest BCUT2D eigenvalue weighted by molar-refractivity contribution is -0.129. The van der Waals surface area contributed by atoms with E-state index in [0.29, 0.717) is 6.42 Å². The van der Waals surface area contributed by atoms with E-state index in [-0.39, 0.29) is 11.7 Å². The molecular formula is C27H30FN3O3. The third-order valence-corrected chi connectivity index (χ3v) is 6.31. The molecule has 178 valence electrons. The van der Waals surface area contributed by atoms with Gasteiger partial charge in [-0.3, -0.25) is 10.0 Å². The van der Waals surface area contributed by atoms with Crippen molar-refractivity contribution in [2.75, 3.05) is 0 Å². The maximum Gasteiger partial charge on any atom is 0.243 e. The second-order valence-corrected chi connectivity index (χ2v) is 8.75. The van der Waals surface area contributed by atoms with Crippen LogP contribution >= 0.6 is 0 Å². The Morgan fingerprint density at radius 3 is 2.59 bits per heavy atom. The van der Waals surface area contributed by atoms with Crippen molar-refractivity contribution in [1.82, 2.24) is 15.2 Å². The Bertz CT molecular complexity index is 1260. The molecule has 2 heterocycles. The van der Waals surface area contributed by atoms with Gasteiger partial charge in [-0.05, 0) is 80.5 Å². The van der Waals surface area contributed by atoms with Crippen LogP contribution in [0.4, 0.5) is 4.39 Å². The van der Waals surface area contributed by atoms with E-state index in [1.165, 1.54) is 23.1 Å². The average molecular weight is 464 g/mol. The summed E-state index contributed by atoms with van der Waals surface area (Å²) in [6, 6.07) is 13.2. The summed E-state index contributed by atoms with van der Waals surface area (Å²) in [5, 5.41) is 13.9. The SMILES string of the molecule is Cc1noc(C)c1-c1ccc2c(c1)c(CCc1ccc(F)cc1)cn2CCCCCC(=O)NO. The van der Waals surface area contributed by atoms with Crippen LogP contribution in [0.3, 0.4) is 0 Å². The van der Waals surface area contributed by atoms with Gasteiger partial charge < -0.3 is 9.09 Å². The first-order valence-electron chi connectivity index (χ1n) is 11.7. The first-order chi connectivity index (χ1) is 16.5. The zero-order valence-electron chi connectivity index (χ0n) is 19.6. The van der Waals surface area contributed by atoms with Crippen molar-refractivity contribution in [3.05, 3.63) is 77.1 Å². The van der Waals surface area contributed by atoms with E-state index in [1.54, 1.807) is 5.48 Å². The van der Waals surface area contributed by atoms with Crippen LogP contribution in [0.15, 0.2) is 53.2 Å². The van der Waals surface area contributed by atoms with Gasteiger partial charge in [0, 0.05) is 35.6 Å². The molecule has 0 aliphatic heterocycles. The number of rotatable bonds is 10. The highest BCUT2D eigenvalue weighted by atomic mass is 19.1. The lowest BCUT2D eigenvalue weighted by Gasteiger charge is -2.07. The number of hydroxylamine groups is 1. The van der Waals surface area contributed by atoms with Gasteiger partial charge in [0.25, 0.3) is 0 Å². The molecule has 34 heavy (non-hydrogen) atoms. The maximum atomic E-state index is 13.3. The minimum Gasteiger partial charge on any atom is -0.361 e. The molecule has 2 aromatic heterocycles. The van der Waals surface area contributed by atoms with E-state index in [4.69, 9.17) is 9.73 Å². The molecule has 0 aliphatic carbocycles. The summed E-state index contributed by atoms with van der Waals surface area (Å²) in [6.45, 7) is 4.73. The van der Waals surface area contributed by atoms with Gasteiger partial charge in [0.1, 0.15) is 11.6 Å². The Labute approximate surface area is 198 Å². The fraction of sp³-hybridized carbons (Fsp3) is 0.333. The number of halogens is 1.